The van der Waals surface area contributed by atoms with Crippen LogP contribution in [0.25, 0.3) is 21.5 Å². The van der Waals surface area contributed by atoms with E-state index < -0.39 is 0 Å². The molecule has 7 nitrogen and oxygen atoms in total. The molecule has 0 saturated carbocycles. The first kappa shape index (κ1) is 20.7. The highest BCUT2D eigenvalue weighted by molar-refractivity contribution is 7.19. The second-order valence-corrected chi connectivity index (χ2v) is 8.45. The number of aryl methyl sites for hydroxylation is 2. The van der Waals surface area contributed by atoms with Gasteiger partial charge in [0.25, 0.3) is 5.56 Å². The number of aromatic nitrogens is 3. The van der Waals surface area contributed by atoms with Crippen molar-refractivity contribution in [2.45, 2.75) is 27.3 Å². The molecule has 1 amide bonds. The maximum atomic E-state index is 13.0. The minimum atomic E-state index is -0.382. The smallest absolute Gasteiger partial charge is 0.294 e. The third kappa shape index (κ3) is 4.06. The van der Waals surface area contributed by atoms with Crippen molar-refractivity contribution in [2.75, 3.05) is 12.4 Å². The second kappa shape index (κ2) is 8.31. The predicted molar refractivity (Wildman–Crippen MR) is 123 cm³/mol. The molecule has 0 spiro atoms. The van der Waals surface area contributed by atoms with Crippen LogP contribution in [-0.2, 0) is 11.3 Å². The van der Waals surface area contributed by atoms with E-state index >= 15 is 0 Å². The monoisotopic (exact) mass is 434 g/mol. The molecule has 0 atom stereocenters. The standard InChI is InChI=1S/C23H22N4O3S/c1-13-6-5-7-18(14(13)2)25-19(28)12-27-23(29)21-22(31-15(3)24-21)20(26-27)16-8-10-17(30-4)11-9-16/h5-11H,12H2,1-4H3,(H,25,28). The van der Waals surface area contributed by atoms with Crippen molar-refractivity contribution in [1.29, 1.82) is 0 Å². The maximum Gasteiger partial charge on any atom is 0.294 e. The summed E-state index contributed by atoms with van der Waals surface area (Å²) in [5, 5.41) is 8.18. The minimum absolute atomic E-state index is 0.206. The van der Waals surface area contributed by atoms with Gasteiger partial charge < -0.3 is 10.1 Å². The lowest BCUT2D eigenvalue weighted by Gasteiger charge is -2.12. The Bertz CT molecular complexity index is 1340. The van der Waals surface area contributed by atoms with Gasteiger partial charge in [-0.3, -0.25) is 9.59 Å². The average Bonchev–Trinajstić information content (AvgIpc) is 3.15. The summed E-state index contributed by atoms with van der Waals surface area (Å²) >= 11 is 1.41. The number of rotatable bonds is 5. The number of carbonyl (C=O) groups excluding carboxylic acids is 1. The number of nitrogens with zero attached hydrogens (tertiary/aromatic N) is 3. The number of fused-ring (bicyclic) bond motifs is 1. The Labute approximate surface area is 183 Å². The van der Waals surface area contributed by atoms with E-state index in [4.69, 9.17) is 4.74 Å². The van der Waals surface area contributed by atoms with E-state index in [9.17, 15) is 9.59 Å². The van der Waals surface area contributed by atoms with E-state index in [-0.39, 0.29) is 18.0 Å². The highest BCUT2D eigenvalue weighted by Crippen LogP contribution is 2.30. The van der Waals surface area contributed by atoms with Crippen molar-refractivity contribution in [3.05, 3.63) is 69.0 Å². The van der Waals surface area contributed by atoms with Crippen LogP contribution in [0.4, 0.5) is 5.69 Å². The quantitative estimate of drug-likeness (QED) is 0.511. The van der Waals surface area contributed by atoms with Crippen LogP contribution in [0.1, 0.15) is 16.1 Å². The van der Waals surface area contributed by atoms with Crippen molar-refractivity contribution in [1.82, 2.24) is 14.8 Å². The lowest BCUT2D eigenvalue weighted by molar-refractivity contribution is -0.117. The van der Waals surface area contributed by atoms with Gasteiger partial charge in [0.15, 0.2) is 5.52 Å². The highest BCUT2D eigenvalue weighted by atomic mass is 32.1. The van der Waals surface area contributed by atoms with Crippen molar-refractivity contribution >= 4 is 33.1 Å². The van der Waals surface area contributed by atoms with Gasteiger partial charge in [-0.05, 0) is 62.2 Å². The van der Waals surface area contributed by atoms with Crippen molar-refractivity contribution in [2.24, 2.45) is 0 Å². The number of amides is 1. The summed E-state index contributed by atoms with van der Waals surface area (Å²) in [6, 6.07) is 13.1. The number of hydrogen-bond acceptors (Lipinski definition) is 6. The van der Waals surface area contributed by atoms with E-state index in [1.807, 2.05) is 63.2 Å². The summed E-state index contributed by atoms with van der Waals surface area (Å²) in [4.78, 5) is 30.1. The second-order valence-electron chi connectivity index (χ2n) is 7.25. The summed E-state index contributed by atoms with van der Waals surface area (Å²) in [7, 11) is 1.60. The Morgan fingerprint density at radius 1 is 1.13 bits per heavy atom. The molecule has 0 aliphatic heterocycles. The third-order valence-electron chi connectivity index (χ3n) is 5.14. The summed E-state index contributed by atoms with van der Waals surface area (Å²) in [5.74, 6) is 0.400. The molecule has 4 aromatic rings. The molecular formula is C23H22N4O3S. The summed E-state index contributed by atoms with van der Waals surface area (Å²) in [6.45, 7) is 5.57. The van der Waals surface area contributed by atoms with E-state index in [1.165, 1.54) is 16.0 Å². The van der Waals surface area contributed by atoms with Gasteiger partial charge in [0.1, 0.15) is 18.0 Å². The van der Waals surface area contributed by atoms with E-state index in [0.29, 0.717) is 15.9 Å². The van der Waals surface area contributed by atoms with Crippen LogP contribution in [0.15, 0.2) is 47.3 Å². The zero-order valence-corrected chi connectivity index (χ0v) is 18.5. The Hall–Kier alpha value is -3.52. The average molecular weight is 435 g/mol. The van der Waals surface area contributed by atoms with Gasteiger partial charge in [-0.15, -0.1) is 11.3 Å². The van der Waals surface area contributed by atoms with Crippen LogP contribution >= 0.6 is 11.3 Å². The Balaban J connectivity index is 1.73. The van der Waals surface area contributed by atoms with Crippen molar-refractivity contribution in [3.8, 4) is 17.0 Å². The molecule has 31 heavy (non-hydrogen) atoms. The van der Waals surface area contributed by atoms with Crippen LogP contribution in [-0.4, -0.2) is 27.8 Å². The zero-order chi connectivity index (χ0) is 22.1. The van der Waals surface area contributed by atoms with Gasteiger partial charge in [-0.25, -0.2) is 9.67 Å². The molecule has 2 heterocycles. The van der Waals surface area contributed by atoms with Gasteiger partial charge >= 0.3 is 0 Å². The number of nitrogens with one attached hydrogen (secondary N) is 1. The Morgan fingerprint density at radius 2 is 1.87 bits per heavy atom. The third-order valence-corrected chi connectivity index (χ3v) is 6.12. The fourth-order valence-electron chi connectivity index (χ4n) is 3.32. The molecule has 0 saturated heterocycles. The number of benzene rings is 2. The molecule has 0 bridgehead atoms. The Kier molecular flexibility index (Phi) is 5.56. The zero-order valence-electron chi connectivity index (χ0n) is 17.7. The molecular weight excluding hydrogens is 412 g/mol. The number of thiazole rings is 1. The van der Waals surface area contributed by atoms with Gasteiger partial charge in [-0.2, -0.15) is 5.10 Å². The van der Waals surface area contributed by atoms with Gasteiger partial charge in [-0.1, -0.05) is 12.1 Å². The van der Waals surface area contributed by atoms with Crippen LogP contribution in [0.5, 0.6) is 5.75 Å². The lowest BCUT2D eigenvalue weighted by Crippen LogP contribution is -2.30. The van der Waals surface area contributed by atoms with Crippen molar-refractivity contribution in [3.63, 3.8) is 0 Å². The Morgan fingerprint density at radius 3 is 2.58 bits per heavy atom. The molecule has 0 aliphatic rings. The van der Waals surface area contributed by atoms with E-state index in [0.717, 1.165) is 33.1 Å². The SMILES string of the molecule is COc1ccc(-c2nn(CC(=O)Nc3cccc(C)c3C)c(=O)c3nc(C)sc23)cc1. The van der Waals surface area contributed by atoms with Gasteiger partial charge in [0, 0.05) is 11.3 Å². The molecule has 2 aromatic heterocycles. The number of methoxy groups -OCH3 is 1. The van der Waals surface area contributed by atoms with Gasteiger partial charge in [0.2, 0.25) is 5.91 Å². The van der Waals surface area contributed by atoms with Crippen LogP contribution in [0.2, 0.25) is 0 Å². The molecule has 0 aliphatic carbocycles. The van der Waals surface area contributed by atoms with E-state index in [1.54, 1.807) is 7.11 Å². The number of ether oxygens (including phenoxy) is 1. The summed E-state index contributed by atoms with van der Waals surface area (Å²) < 4.78 is 7.12. The fourth-order valence-corrected chi connectivity index (χ4v) is 4.24. The molecule has 8 heteroatoms. The van der Waals surface area contributed by atoms with Crippen LogP contribution < -0.4 is 15.6 Å². The molecule has 0 unspecified atom stereocenters. The minimum Gasteiger partial charge on any atom is -0.497 e. The predicted octanol–water partition coefficient (Wildman–Crippen LogP) is 4.09. The largest absolute Gasteiger partial charge is 0.497 e. The first-order valence-corrected chi connectivity index (χ1v) is 10.6. The number of anilines is 1. The molecule has 2 aromatic carbocycles. The molecule has 0 radical (unpaired) electrons. The fraction of sp³-hybridized carbons (Fsp3) is 0.217. The van der Waals surface area contributed by atoms with Crippen LogP contribution in [0, 0.1) is 20.8 Å². The highest BCUT2D eigenvalue weighted by Gasteiger charge is 2.18. The normalized spacial score (nSPS) is 11.0. The molecule has 4 rings (SSSR count). The van der Waals surface area contributed by atoms with Crippen LogP contribution in [0.3, 0.4) is 0 Å². The first-order chi connectivity index (χ1) is 14.9. The molecule has 0 fully saturated rings. The van der Waals surface area contributed by atoms with E-state index in [2.05, 4.69) is 15.4 Å². The lowest BCUT2D eigenvalue weighted by atomic mass is 10.1. The summed E-state index contributed by atoms with van der Waals surface area (Å²) in [6.07, 6.45) is 0. The maximum absolute atomic E-state index is 13.0. The topological polar surface area (TPSA) is 86.1 Å². The number of carbonyl (C=O) groups is 1. The van der Waals surface area contributed by atoms with Crippen molar-refractivity contribution < 1.29 is 9.53 Å². The first-order valence-electron chi connectivity index (χ1n) is 9.76. The summed E-state index contributed by atoms with van der Waals surface area (Å²) in [5.41, 5.74) is 4.16. The van der Waals surface area contributed by atoms with Gasteiger partial charge in [0.05, 0.1) is 16.8 Å². The molecule has 1 N–H and O–H groups in total. The number of hydrogen-bond donors (Lipinski definition) is 1. The molecule has 158 valence electrons.